The maximum Gasteiger partial charge on any atom is 0.124 e. The summed E-state index contributed by atoms with van der Waals surface area (Å²) in [6.45, 7) is 7.23. The lowest BCUT2D eigenvalue weighted by atomic mass is 10.1. The number of hydrogen-bond acceptors (Lipinski definition) is 3. The first-order chi connectivity index (χ1) is 8.60. The number of likely N-dealkylation sites (N-methyl/N-ethyl adjacent to an activating group) is 1. The summed E-state index contributed by atoms with van der Waals surface area (Å²) >= 11 is 0. The minimum Gasteiger partial charge on any atom is -0.496 e. The van der Waals surface area contributed by atoms with Crippen LogP contribution >= 0.6 is 0 Å². The fourth-order valence-electron chi connectivity index (χ4n) is 1.77. The zero-order chi connectivity index (χ0) is 13.5. The first kappa shape index (κ1) is 15.0. The van der Waals surface area contributed by atoms with Gasteiger partial charge in [0.25, 0.3) is 0 Å². The van der Waals surface area contributed by atoms with E-state index in [-0.39, 0.29) is 12.2 Å². The van der Waals surface area contributed by atoms with Crippen LogP contribution < -0.4 is 10.1 Å². The SMILES string of the molecule is CNCC(OC(C)C(C)C)c1ccccc1OC. The van der Waals surface area contributed by atoms with E-state index in [1.807, 2.05) is 25.2 Å². The summed E-state index contributed by atoms with van der Waals surface area (Å²) in [5.74, 6) is 1.38. The fourth-order valence-corrected chi connectivity index (χ4v) is 1.77. The molecule has 3 heteroatoms. The van der Waals surface area contributed by atoms with Gasteiger partial charge < -0.3 is 14.8 Å². The highest BCUT2D eigenvalue weighted by Gasteiger charge is 2.20. The van der Waals surface area contributed by atoms with Gasteiger partial charge in [-0.05, 0) is 26.0 Å². The van der Waals surface area contributed by atoms with Gasteiger partial charge in [0.2, 0.25) is 0 Å². The maximum atomic E-state index is 6.14. The van der Waals surface area contributed by atoms with Crippen LogP contribution in [0, 0.1) is 5.92 Å². The molecule has 0 saturated carbocycles. The van der Waals surface area contributed by atoms with E-state index in [9.17, 15) is 0 Å². The van der Waals surface area contributed by atoms with Crippen LogP contribution in [0.3, 0.4) is 0 Å². The second kappa shape index (κ2) is 7.39. The predicted octanol–water partition coefficient (Wildman–Crippen LogP) is 3.02. The number of methoxy groups -OCH3 is 1. The zero-order valence-corrected chi connectivity index (χ0v) is 12.1. The molecule has 0 amide bonds. The van der Waals surface area contributed by atoms with Crippen LogP contribution in [0.25, 0.3) is 0 Å². The Morgan fingerprint density at radius 2 is 1.83 bits per heavy atom. The van der Waals surface area contributed by atoms with Crippen LogP contribution in [0.5, 0.6) is 5.75 Å². The van der Waals surface area contributed by atoms with Gasteiger partial charge in [-0.25, -0.2) is 0 Å². The molecule has 2 unspecified atom stereocenters. The lowest BCUT2D eigenvalue weighted by Crippen LogP contribution is -2.26. The standard InChI is InChI=1S/C15H25NO2/c1-11(2)12(3)18-15(10-16-4)13-8-6-7-9-14(13)17-5/h6-9,11-12,15-16H,10H2,1-5H3. The average molecular weight is 251 g/mol. The van der Waals surface area contributed by atoms with Gasteiger partial charge in [-0.2, -0.15) is 0 Å². The van der Waals surface area contributed by atoms with Gasteiger partial charge in [0.15, 0.2) is 0 Å². The molecule has 1 aromatic carbocycles. The van der Waals surface area contributed by atoms with Crippen molar-refractivity contribution in [1.82, 2.24) is 5.32 Å². The molecule has 0 radical (unpaired) electrons. The van der Waals surface area contributed by atoms with E-state index in [4.69, 9.17) is 9.47 Å². The van der Waals surface area contributed by atoms with E-state index in [1.54, 1.807) is 7.11 Å². The van der Waals surface area contributed by atoms with E-state index >= 15 is 0 Å². The molecule has 1 N–H and O–H groups in total. The topological polar surface area (TPSA) is 30.5 Å². The monoisotopic (exact) mass is 251 g/mol. The van der Waals surface area contributed by atoms with Crippen LogP contribution in [0.4, 0.5) is 0 Å². The van der Waals surface area contributed by atoms with E-state index in [2.05, 4.69) is 32.2 Å². The van der Waals surface area contributed by atoms with Crippen LogP contribution in [-0.4, -0.2) is 26.8 Å². The molecule has 0 spiro atoms. The summed E-state index contributed by atoms with van der Waals surface area (Å²) in [5.41, 5.74) is 1.10. The molecule has 0 saturated heterocycles. The smallest absolute Gasteiger partial charge is 0.124 e. The Labute approximate surface area is 110 Å². The Balaban J connectivity index is 2.89. The number of hydrogen-bond donors (Lipinski definition) is 1. The summed E-state index contributed by atoms with van der Waals surface area (Å²) < 4.78 is 11.5. The van der Waals surface area contributed by atoms with Crippen LogP contribution in [0.1, 0.15) is 32.4 Å². The molecule has 18 heavy (non-hydrogen) atoms. The highest BCUT2D eigenvalue weighted by Crippen LogP contribution is 2.29. The number of para-hydroxylation sites is 1. The van der Waals surface area contributed by atoms with Crippen LogP contribution in [-0.2, 0) is 4.74 Å². The number of ether oxygens (including phenoxy) is 2. The molecular weight excluding hydrogens is 226 g/mol. The fraction of sp³-hybridized carbons (Fsp3) is 0.600. The van der Waals surface area contributed by atoms with E-state index < -0.39 is 0 Å². The highest BCUT2D eigenvalue weighted by atomic mass is 16.5. The molecule has 0 fully saturated rings. The van der Waals surface area contributed by atoms with Gasteiger partial charge in [-0.15, -0.1) is 0 Å². The van der Waals surface area contributed by atoms with Crippen molar-refractivity contribution in [3.63, 3.8) is 0 Å². The third-order valence-electron chi connectivity index (χ3n) is 3.19. The maximum absolute atomic E-state index is 6.14. The molecule has 0 bridgehead atoms. The minimum atomic E-state index is 0.0172. The molecular formula is C15H25NO2. The summed E-state index contributed by atoms with van der Waals surface area (Å²) in [6.07, 6.45) is 0.233. The zero-order valence-electron chi connectivity index (χ0n) is 12.1. The van der Waals surface area contributed by atoms with Gasteiger partial charge >= 0.3 is 0 Å². The number of benzene rings is 1. The van der Waals surface area contributed by atoms with Crippen molar-refractivity contribution in [3.05, 3.63) is 29.8 Å². The van der Waals surface area contributed by atoms with Crippen molar-refractivity contribution in [2.75, 3.05) is 20.7 Å². The van der Waals surface area contributed by atoms with Crippen molar-refractivity contribution in [3.8, 4) is 5.75 Å². The Kier molecular flexibility index (Phi) is 6.16. The molecule has 0 aliphatic heterocycles. The molecule has 0 aliphatic rings. The Morgan fingerprint density at radius 3 is 2.39 bits per heavy atom. The molecule has 102 valence electrons. The summed E-state index contributed by atoms with van der Waals surface area (Å²) in [6, 6.07) is 8.03. The summed E-state index contributed by atoms with van der Waals surface area (Å²) in [5, 5.41) is 3.18. The predicted molar refractivity (Wildman–Crippen MR) is 75.0 cm³/mol. The molecule has 1 rings (SSSR count). The third-order valence-corrected chi connectivity index (χ3v) is 3.19. The van der Waals surface area contributed by atoms with Crippen molar-refractivity contribution in [2.24, 2.45) is 5.92 Å². The first-order valence-electron chi connectivity index (χ1n) is 6.53. The molecule has 2 atom stereocenters. The van der Waals surface area contributed by atoms with Gasteiger partial charge in [0.1, 0.15) is 5.75 Å². The third kappa shape index (κ3) is 4.00. The first-order valence-corrected chi connectivity index (χ1v) is 6.53. The van der Waals surface area contributed by atoms with Crippen LogP contribution in [0.15, 0.2) is 24.3 Å². The average Bonchev–Trinajstić information content (AvgIpc) is 2.38. The Morgan fingerprint density at radius 1 is 1.17 bits per heavy atom. The lowest BCUT2D eigenvalue weighted by molar-refractivity contribution is -0.0260. The largest absolute Gasteiger partial charge is 0.496 e. The van der Waals surface area contributed by atoms with E-state index in [0.717, 1.165) is 17.9 Å². The highest BCUT2D eigenvalue weighted by molar-refractivity contribution is 5.35. The van der Waals surface area contributed by atoms with Gasteiger partial charge in [-0.3, -0.25) is 0 Å². The summed E-state index contributed by atoms with van der Waals surface area (Å²) in [4.78, 5) is 0. The van der Waals surface area contributed by atoms with Gasteiger partial charge in [0.05, 0.1) is 19.3 Å². The van der Waals surface area contributed by atoms with Crippen molar-refractivity contribution in [2.45, 2.75) is 33.0 Å². The normalized spacial score (nSPS) is 14.6. The second-order valence-electron chi connectivity index (χ2n) is 4.87. The van der Waals surface area contributed by atoms with Crippen molar-refractivity contribution < 1.29 is 9.47 Å². The second-order valence-corrected chi connectivity index (χ2v) is 4.87. The van der Waals surface area contributed by atoms with Crippen LogP contribution in [0.2, 0.25) is 0 Å². The Hall–Kier alpha value is -1.06. The quantitative estimate of drug-likeness (QED) is 0.808. The van der Waals surface area contributed by atoms with Crippen molar-refractivity contribution in [1.29, 1.82) is 0 Å². The molecule has 0 heterocycles. The van der Waals surface area contributed by atoms with E-state index in [0.29, 0.717) is 5.92 Å². The number of rotatable bonds is 7. The Bertz CT molecular complexity index is 352. The van der Waals surface area contributed by atoms with E-state index in [1.165, 1.54) is 0 Å². The molecule has 0 aliphatic carbocycles. The summed E-state index contributed by atoms with van der Waals surface area (Å²) in [7, 11) is 3.63. The minimum absolute atomic E-state index is 0.0172. The molecule has 1 aromatic rings. The number of nitrogens with one attached hydrogen (secondary N) is 1. The van der Waals surface area contributed by atoms with Gasteiger partial charge in [-0.1, -0.05) is 32.0 Å². The lowest BCUT2D eigenvalue weighted by Gasteiger charge is -2.26. The molecule has 3 nitrogen and oxygen atoms in total. The van der Waals surface area contributed by atoms with Gasteiger partial charge in [0, 0.05) is 12.1 Å². The molecule has 0 aromatic heterocycles. The van der Waals surface area contributed by atoms with Crippen molar-refractivity contribution >= 4 is 0 Å².